The topological polar surface area (TPSA) is 65.1 Å². The molecule has 0 unspecified atom stereocenters. The minimum Gasteiger partial charge on any atom is -0.329 e. The highest BCUT2D eigenvalue weighted by atomic mass is 16.1. The lowest BCUT2D eigenvalue weighted by Gasteiger charge is -2.02. The first-order valence-electron chi connectivity index (χ1n) is 3.63. The summed E-state index contributed by atoms with van der Waals surface area (Å²) in [5.41, 5.74) is 5.63. The summed E-state index contributed by atoms with van der Waals surface area (Å²) in [6.07, 6.45) is 2.20. The van der Waals surface area contributed by atoms with Crippen LogP contribution in [0.15, 0.2) is 23.1 Å². The van der Waals surface area contributed by atoms with Gasteiger partial charge in [0.05, 0.1) is 0 Å². The van der Waals surface area contributed by atoms with Crippen molar-refractivity contribution >= 4 is 6.29 Å². The Labute approximate surface area is 69.6 Å². The second-order valence-electron chi connectivity index (χ2n) is 2.40. The third-order valence-corrected chi connectivity index (χ3v) is 1.51. The highest BCUT2D eigenvalue weighted by Crippen LogP contribution is 1.89. The zero-order chi connectivity index (χ0) is 8.97. The summed E-state index contributed by atoms with van der Waals surface area (Å²) in [6.45, 7) is 0.836. The normalized spacial score (nSPS) is 9.75. The maximum atomic E-state index is 11.1. The SMILES string of the molecule is NCCn1cc(C=O)ccc1=O. The number of aldehydes is 1. The molecule has 0 saturated carbocycles. The molecular formula is C8H10N2O2. The quantitative estimate of drug-likeness (QED) is 0.622. The maximum absolute atomic E-state index is 11.1. The van der Waals surface area contributed by atoms with Gasteiger partial charge in [0.15, 0.2) is 6.29 Å². The van der Waals surface area contributed by atoms with Gasteiger partial charge < -0.3 is 10.3 Å². The summed E-state index contributed by atoms with van der Waals surface area (Å²) in [5, 5.41) is 0. The number of hydrogen-bond donors (Lipinski definition) is 1. The zero-order valence-electron chi connectivity index (χ0n) is 6.56. The predicted molar refractivity (Wildman–Crippen MR) is 45.1 cm³/mol. The van der Waals surface area contributed by atoms with Crippen molar-refractivity contribution in [3.05, 3.63) is 34.2 Å². The highest BCUT2D eigenvalue weighted by Gasteiger charge is 1.95. The molecule has 0 fully saturated rings. The number of carbonyl (C=O) groups is 1. The fraction of sp³-hybridized carbons (Fsp3) is 0.250. The predicted octanol–water partition coefficient (Wildman–Crippen LogP) is -0.381. The second-order valence-corrected chi connectivity index (χ2v) is 2.40. The minimum absolute atomic E-state index is 0.133. The lowest BCUT2D eigenvalue weighted by atomic mass is 10.3. The van der Waals surface area contributed by atoms with Crippen LogP contribution >= 0.6 is 0 Å². The molecule has 1 aromatic rings. The molecule has 0 aromatic carbocycles. The van der Waals surface area contributed by atoms with Crippen LogP contribution in [0.4, 0.5) is 0 Å². The molecule has 0 aliphatic heterocycles. The zero-order valence-corrected chi connectivity index (χ0v) is 6.56. The van der Waals surface area contributed by atoms with E-state index < -0.39 is 0 Å². The van der Waals surface area contributed by atoms with E-state index in [0.717, 1.165) is 0 Å². The average molecular weight is 166 g/mol. The molecular weight excluding hydrogens is 156 g/mol. The number of pyridine rings is 1. The van der Waals surface area contributed by atoms with Gasteiger partial charge in [-0.05, 0) is 6.07 Å². The van der Waals surface area contributed by atoms with Crippen LogP contribution in [0.25, 0.3) is 0 Å². The van der Waals surface area contributed by atoms with Gasteiger partial charge in [-0.25, -0.2) is 0 Å². The fourth-order valence-corrected chi connectivity index (χ4v) is 0.933. The van der Waals surface area contributed by atoms with E-state index in [0.29, 0.717) is 24.9 Å². The van der Waals surface area contributed by atoms with Gasteiger partial charge in [-0.1, -0.05) is 0 Å². The van der Waals surface area contributed by atoms with Crippen molar-refractivity contribution in [2.75, 3.05) is 6.54 Å². The maximum Gasteiger partial charge on any atom is 0.250 e. The van der Waals surface area contributed by atoms with Gasteiger partial charge in [0.1, 0.15) is 0 Å². The number of aromatic nitrogens is 1. The molecule has 1 aromatic heterocycles. The van der Waals surface area contributed by atoms with E-state index in [1.807, 2.05) is 0 Å². The van der Waals surface area contributed by atoms with Crippen molar-refractivity contribution in [2.24, 2.45) is 5.73 Å². The van der Waals surface area contributed by atoms with Crippen LogP contribution in [0.3, 0.4) is 0 Å². The van der Waals surface area contributed by atoms with Crippen LogP contribution in [-0.4, -0.2) is 17.4 Å². The summed E-state index contributed by atoms with van der Waals surface area (Å²) >= 11 is 0. The molecule has 0 aliphatic rings. The molecule has 4 heteroatoms. The smallest absolute Gasteiger partial charge is 0.250 e. The van der Waals surface area contributed by atoms with Crippen molar-refractivity contribution in [1.82, 2.24) is 4.57 Å². The summed E-state index contributed by atoms with van der Waals surface area (Å²) in [4.78, 5) is 21.4. The Morgan fingerprint density at radius 2 is 2.25 bits per heavy atom. The van der Waals surface area contributed by atoms with Crippen molar-refractivity contribution in [3.8, 4) is 0 Å². The summed E-state index contributed by atoms with van der Waals surface area (Å²) in [7, 11) is 0. The molecule has 1 rings (SSSR count). The van der Waals surface area contributed by atoms with Crippen molar-refractivity contribution < 1.29 is 4.79 Å². The molecule has 0 radical (unpaired) electrons. The van der Waals surface area contributed by atoms with Crippen LogP contribution in [0.5, 0.6) is 0 Å². The minimum atomic E-state index is -0.133. The van der Waals surface area contributed by atoms with Crippen molar-refractivity contribution in [1.29, 1.82) is 0 Å². The van der Waals surface area contributed by atoms with Crippen LogP contribution in [0, 0.1) is 0 Å². The monoisotopic (exact) mass is 166 g/mol. The third-order valence-electron chi connectivity index (χ3n) is 1.51. The van der Waals surface area contributed by atoms with Gasteiger partial charge in [0, 0.05) is 30.9 Å². The summed E-state index contributed by atoms with van der Waals surface area (Å²) in [5.74, 6) is 0. The van der Waals surface area contributed by atoms with E-state index in [-0.39, 0.29) is 5.56 Å². The van der Waals surface area contributed by atoms with Gasteiger partial charge in [-0.15, -0.1) is 0 Å². The molecule has 2 N–H and O–H groups in total. The number of rotatable bonds is 3. The summed E-state index contributed by atoms with van der Waals surface area (Å²) < 4.78 is 1.42. The van der Waals surface area contributed by atoms with Crippen molar-refractivity contribution in [2.45, 2.75) is 6.54 Å². The van der Waals surface area contributed by atoms with Crippen molar-refractivity contribution in [3.63, 3.8) is 0 Å². The molecule has 0 bridgehead atoms. The molecule has 12 heavy (non-hydrogen) atoms. The Balaban J connectivity index is 3.08. The van der Waals surface area contributed by atoms with E-state index in [4.69, 9.17) is 5.73 Å². The number of hydrogen-bond acceptors (Lipinski definition) is 3. The lowest BCUT2D eigenvalue weighted by Crippen LogP contribution is -2.23. The molecule has 0 spiro atoms. The van der Waals surface area contributed by atoms with Crippen LogP contribution in [0.1, 0.15) is 10.4 Å². The van der Waals surface area contributed by atoms with E-state index in [1.54, 1.807) is 0 Å². The van der Waals surface area contributed by atoms with Gasteiger partial charge >= 0.3 is 0 Å². The third kappa shape index (κ3) is 1.79. The van der Waals surface area contributed by atoms with E-state index in [2.05, 4.69) is 0 Å². The molecule has 0 atom stereocenters. The Kier molecular flexibility index (Phi) is 2.76. The molecule has 0 saturated heterocycles. The number of nitrogens with zero attached hydrogens (tertiary/aromatic N) is 1. The first-order chi connectivity index (χ1) is 5.77. The number of carbonyl (C=O) groups excluding carboxylic acids is 1. The second kappa shape index (κ2) is 3.82. The first kappa shape index (κ1) is 8.67. The number of nitrogens with two attached hydrogens (primary N) is 1. The largest absolute Gasteiger partial charge is 0.329 e. The molecule has 4 nitrogen and oxygen atoms in total. The first-order valence-corrected chi connectivity index (χ1v) is 3.63. The molecule has 0 aliphatic carbocycles. The standard InChI is InChI=1S/C8H10N2O2/c9-3-4-10-5-7(6-11)1-2-8(10)12/h1-2,5-6H,3-4,9H2. The highest BCUT2D eigenvalue weighted by molar-refractivity contribution is 5.73. The van der Waals surface area contributed by atoms with Crippen LogP contribution < -0.4 is 11.3 Å². The molecule has 64 valence electrons. The Morgan fingerprint density at radius 1 is 1.50 bits per heavy atom. The van der Waals surface area contributed by atoms with E-state index in [9.17, 15) is 9.59 Å². The van der Waals surface area contributed by atoms with Crippen LogP contribution in [-0.2, 0) is 6.54 Å². The van der Waals surface area contributed by atoms with Gasteiger partial charge in [0.25, 0.3) is 5.56 Å². The summed E-state index contributed by atoms with van der Waals surface area (Å²) in [6, 6.07) is 2.85. The van der Waals surface area contributed by atoms with Gasteiger partial charge in [-0.3, -0.25) is 9.59 Å². The molecule has 0 amide bonds. The van der Waals surface area contributed by atoms with Gasteiger partial charge in [-0.2, -0.15) is 0 Å². The van der Waals surface area contributed by atoms with Gasteiger partial charge in [0.2, 0.25) is 0 Å². The Morgan fingerprint density at radius 3 is 2.83 bits per heavy atom. The fourth-order valence-electron chi connectivity index (χ4n) is 0.933. The lowest BCUT2D eigenvalue weighted by molar-refractivity contribution is 0.112. The Hall–Kier alpha value is -1.42. The van der Waals surface area contributed by atoms with E-state index >= 15 is 0 Å². The van der Waals surface area contributed by atoms with E-state index in [1.165, 1.54) is 22.9 Å². The average Bonchev–Trinajstić information content (AvgIpc) is 2.09. The Bertz CT molecular complexity index is 330. The molecule has 1 heterocycles. The van der Waals surface area contributed by atoms with Crippen LogP contribution in [0.2, 0.25) is 0 Å².